The summed E-state index contributed by atoms with van der Waals surface area (Å²) >= 11 is 4.22. The maximum atomic E-state index is 5.30. The number of benzene rings is 1. The molecule has 0 aliphatic carbocycles. The first-order valence-corrected chi connectivity index (χ1v) is 5.07. The predicted octanol–water partition coefficient (Wildman–Crippen LogP) is 2.78. The third-order valence-corrected chi connectivity index (χ3v) is 2.50. The Morgan fingerprint density at radius 2 is 1.85 bits per heavy atom. The third-order valence-electron chi connectivity index (χ3n) is 2.28. The molecule has 0 aromatic heterocycles. The zero-order valence-electron chi connectivity index (χ0n) is 8.42. The van der Waals surface area contributed by atoms with Gasteiger partial charge in [0.1, 0.15) is 5.75 Å². The number of rotatable bonds is 3. The van der Waals surface area contributed by atoms with Gasteiger partial charge in [-0.2, -0.15) is 12.6 Å². The van der Waals surface area contributed by atoms with Gasteiger partial charge in [0.05, 0.1) is 7.11 Å². The molecule has 0 aliphatic heterocycles. The van der Waals surface area contributed by atoms with Gasteiger partial charge in [0, 0.05) is 0 Å². The molecule has 0 saturated heterocycles. The van der Waals surface area contributed by atoms with Crippen LogP contribution in [0.3, 0.4) is 0 Å². The second-order valence-corrected chi connectivity index (χ2v) is 3.67. The molecule has 0 spiro atoms. The van der Waals surface area contributed by atoms with Gasteiger partial charge >= 0.3 is 0 Å². The SMILES string of the molecule is COc1cc(C)c(C)cc1CCS. The lowest BCUT2D eigenvalue weighted by atomic mass is 10.0. The van der Waals surface area contributed by atoms with Crippen LogP contribution in [0.15, 0.2) is 12.1 Å². The molecule has 0 aliphatic rings. The average molecular weight is 196 g/mol. The Kier molecular flexibility index (Phi) is 3.67. The van der Waals surface area contributed by atoms with Crippen molar-refractivity contribution in [3.05, 3.63) is 28.8 Å². The molecule has 0 radical (unpaired) electrons. The molecule has 72 valence electrons. The highest BCUT2D eigenvalue weighted by Crippen LogP contribution is 2.23. The van der Waals surface area contributed by atoms with E-state index in [2.05, 4.69) is 38.6 Å². The van der Waals surface area contributed by atoms with Crippen LogP contribution < -0.4 is 4.74 Å². The van der Waals surface area contributed by atoms with Gasteiger partial charge < -0.3 is 4.74 Å². The van der Waals surface area contributed by atoms with Crippen molar-refractivity contribution in [2.75, 3.05) is 12.9 Å². The Labute approximate surface area is 85.5 Å². The molecule has 0 unspecified atom stereocenters. The second-order valence-electron chi connectivity index (χ2n) is 3.22. The Hall–Kier alpha value is -0.630. The van der Waals surface area contributed by atoms with Gasteiger partial charge in [-0.25, -0.2) is 0 Å². The first-order chi connectivity index (χ1) is 6.19. The van der Waals surface area contributed by atoms with E-state index in [-0.39, 0.29) is 0 Å². The topological polar surface area (TPSA) is 9.23 Å². The van der Waals surface area contributed by atoms with Crippen LogP contribution in [0.5, 0.6) is 5.75 Å². The lowest BCUT2D eigenvalue weighted by Gasteiger charge is -2.10. The van der Waals surface area contributed by atoms with Crippen molar-refractivity contribution in [2.45, 2.75) is 20.3 Å². The summed E-state index contributed by atoms with van der Waals surface area (Å²) in [6.45, 7) is 4.22. The molecule has 0 atom stereocenters. The minimum Gasteiger partial charge on any atom is -0.496 e. The summed E-state index contributed by atoms with van der Waals surface area (Å²) in [5.41, 5.74) is 3.85. The fourth-order valence-electron chi connectivity index (χ4n) is 1.36. The van der Waals surface area contributed by atoms with Crippen molar-refractivity contribution in [2.24, 2.45) is 0 Å². The maximum absolute atomic E-state index is 5.30. The highest BCUT2D eigenvalue weighted by molar-refractivity contribution is 7.80. The molecular formula is C11H16OS. The first-order valence-electron chi connectivity index (χ1n) is 4.44. The summed E-state index contributed by atoms with van der Waals surface area (Å²) in [4.78, 5) is 0. The Morgan fingerprint density at radius 3 is 2.38 bits per heavy atom. The molecule has 0 N–H and O–H groups in total. The average Bonchev–Trinajstić information content (AvgIpc) is 2.11. The van der Waals surface area contributed by atoms with E-state index in [0.29, 0.717) is 0 Å². The van der Waals surface area contributed by atoms with Crippen molar-refractivity contribution in [1.29, 1.82) is 0 Å². The van der Waals surface area contributed by atoms with E-state index in [1.807, 2.05) is 0 Å². The molecule has 0 saturated carbocycles. The van der Waals surface area contributed by atoms with Crippen LogP contribution in [0.25, 0.3) is 0 Å². The summed E-state index contributed by atoms with van der Waals surface area (Å²) < 4.78 is 5.30. The summed E-state index contributed by atoms with van der Waals surface area (Å²) in [7, 11) is 1.71. The van der Waals surface area contributed by atoms with Gasteiger partial charge in [0.15, 0.2) is 0 Å². The minimum absolute atomic E-state index is 0.860. The molecule has 2 heteroatoms. The Bertz CT molecular complexity index is 294. The predicted molar refractivity (Wildman–Crippen MR) is 60.0 cm³/mol. The molecular weight excluding hydrogens is 180 g/mol. The smallest absolute Gasteiger partial charge is 0.122 e. The number of aryl methyl sites for hydroxylation is 3. The fraction of sp³-hybridized carbons (Fsp3) is 0.455. The highest BCUT2D eigenvalue weighted by atomic mass is 32.1. The largest absolute Gasteiger partial charge is 0.496 e. The molecule has 13 heavy (non-hydrogen) atoms. The monoisotopic (exact) mass is 196 g/mol. The van der Waals surface area contributed by atoms with Crippen molar-refractivity contribution in [3.8, 4) is 5.75 Å². The van der Waals surface area contributed by atoms with E-state index < -0.39 is 0 Å². The summed E-state index contributed by atoms with van der Waals surface area (Å²) in [6.07, 6.45) is 0.966. The number of hydrogen-bond donors (Lipinski definition) is 1. The van der Waals surface area contributed by atoms with Crippen LogP contribution in [0.2, 0.25) is 0 Å². The fourth-order valence-corrected chi connectivity index (χ4v) is 1.60. The summed E-state index contributed by atoms with van der Waals surface area (Å²) in [6, 6.07) is 4.28. The van der Waals surface area contributed by atoms with Crippen LogP contribution in [-0.2, 0) is 6.42 Å². The lowest BCUT2D eigenvalue weighted by Crippen LogP contribution is -1.95. The molecule has 0 bridgehead atoms. The Morgan fingerprint density at radius 1 is 1.23 bits per heavy atom. The van der Waals surface area contributed by atoms with Gasteiger partial charge in [0.2, 0.25) is 0 Å². The number of thiol groups is 1. The zero-order chi connectivity index (χ0) is 9.84. The van der Waals surface area contributed by atoms with Crippen LogP contribution in [0.4, 0.5) is 0 Å². The van der Waals surface area contributed by atoms with Gasteiger partial charge in [-0.15, -0.1) is 0 Å². The van der Waals surface area contributed by atoms with E-state index >= 15 is 0 Å². The highest BCUT2D eigenvalue weighted by Gasteiger charge is 2.04. The van der Waals surface area contributed by atoms with Crippen LogP contribution in [-0.4, -0.2) is 12.9 Å². The van der Waals surface area contributed by atoms with Crippen molar-refractivity contribution in [3.63, 3.8) is 0 Å². The molecule has 0 heterocycles. The van der Waals surface area contributed by atoms with E-state index in [0.717, 1.165) is 17.9 Å². The Balaban J connectivity index is 3.09. The van der Waals surface area contributed by atoms with Gasteiger partial charge in [-0.1, -0.05) is 6.07 Å². The standard InChI is InChI=1S/C11H16OS/c1-8-6-10(4-5-13)11(12-3)7-9(8)2/h6-7,13H,4-5H2,1-3H3. The summed E-state index contributed by atoms with van der Waals surface area (Å²) in [5.74, 6) is 1.84. The molecule has 1 nitrogen and oxygen atoms in total. The summed E-state index contributed by atoms with van der Waals surface area (Å²) in [5, 5.41) is 0. The van der Waals surface area contributed by atoms with E-state index in [4.69, 9.17) is 4.74 Å². The van der Waals surface area contributed by atoms with Gasteiger partial charge in [-0.3, -0.25) is 0 Å². The second kappa shape index (κ2) is 4.56. The lowest BCUT2D eigenvalue weighted by molar-refractivity contribution is 0.410. The van der Waals surface area contributed by atoms with E-state index in [1.54, 1.807) is 7.11 Å². The maximum Gasteiger partial charge on any atom is 0.122 e. The van der Waals surface area contributed by atoms with Gasteiger partial charge in [-0.05, 0) is 48.8 Å². The molecule has 1 aromatic carbocycles. The minimum atomic E-state index is 0.860. The quantitative estimate of drug-likeness (QED) is 0.731. The van der Waals surface area contributed by atoms with Crippen LogP contribution in [0, 0.1) is 13.8 Å². The molecule has 0 fully saturated rings. The first kappa shape index (κ1) is 10.5. The van der Waals surface area contributed by atoms with Crippen LogP contribution >= 0.6 is 12.6 Å². The molecule has 0 amide bonds. The number of ether oxygens (including phenoxy) is 1. The zero-order valence-corrected chi connectivity index (χ0v) is 9.32. The number of hydrogen-bond acceptors (Lipinski definition) is 2. The van der Waals surface area contributed by atoms with Crippen molar-refractivity contribution < 1.29 is 4.74 Å². The van der Waals surface area contributed by atoms with E-state index in [1.165, 1.54) is 16.7 Å². The van der Waals surface area contributed by atoms with Gasteiger partial charge in [0.25, 0.3) is 0 Å². The van der Waals surface area contributed by atoms with Crippen molar-refractivity contribution >= 4 is 12.6 Å². The number of methoxy groups -OCH3 is 1. The normalized spacial score (nSPS) is 10.2. The van der Waals surface area contributed by atoms with Crippen molar-refractivity contribution in [1.82, 2.24) is 0 Å². The third kappa shape index (κ3) is 2.41. The van der Waals surface area contributed by atoms with Crippen LogP contribution in [0.1, 0.15) is 16.7 Å². The molecule has 1 rings (SSSR count). The van der Waals surface area contributed by atoms with E-state index in [9.17, 15) is 0 Å². The molecule has 1 aromatic rings.